The molecule has 0 saturated heterocycles. The third-order valence-corrected chi connectivity index (χ3v) is 4.14. The van der Waals surface area contributed by atoms with Gasteiger partial charge in [0, 0.05) is 37.1 Å². The molecule has 0 aliphatic rings. The summed E-state index contributed by atoms with van der Waals surface area (Å²) >= 11 is 6.28. The maximum Gasteiger partial charge on any atom is 0.162 e. The van der Waals surface area contributed by atoms with Gasteiger partial charge < -0.3 is 19.4 Å². The molecule has 5 heteroatoms. The van der Waals surface area contributed by atoms with Crippen molar-refractivity contribution in [3.05, 3.63) is 40.2 Å². The van der Waals surface area contributed by atoms with Gasteiger partial charge in [-0.1, -0.05) is 11.6 Å². The van der Waals surface area contributed by atoms with Crippen LogP contribution in [0.2, 0.25) is 5.02 Å². The zero-order chi connectivity index (χ0) is 15.6. The van der Waals surface area contributed by atoms with Crippen molar-refractivity contribution < 1.29 is 9.47 Å². The number of hydrogen-bond acceptors (Lipinski definition) is 3. The average molecular weight is 309 g/mol. The Bertz CT molecular complexity index is 650. The Morgan fingerprint density at radius 2 is 1.71 bits per heavy atom. The highest BCUT2D eigenvalue weighted by Crippen LogP contribution is 2.36. The minimum Gasteiger partial charge on any atom is -0.493 e. The first-order valence-electron chi connectivity index (χ1n) is 6.75. The largest absolute Gasteiger partial charge is 0.493 e. The number of methoxy groups -OCH3 is 2. The van der Waals surface area contributed by atoms with Crippen molar-refractivity contribution in [2.24, 2.45) is 7.05 Å². The van der Waals surface area contributed by atoms with E-state index in [-0.39, 0.29) is 0 Å². The van der Waals surface area contributed by atoms with E-state index in [4.69, 9.17) is 21.1 Å². The van der Waals surface area contributed by atoms with Gasteiger partial charge in [0.2, 0.25) is 0 Å². The van der Waals surface area contributed by atoms with E-state index in [1.165, 1.54) is 17.0 Å². The summed E-state index contributed by atoms with van der Waals surface area (Å²) in [5, 5.41) is 3.97. The van der Waals surface area contributed by atoms with Crippen LogP contribution < -0.4 is 14.8 Å². The van der Waals surface area contributed by atoms with Crippen LogP contribution in [0.15, 0.2) is 18.2 Å². The SMILES string of the molecule is COc1cc(Cl)c(NCc2cc(C)n(C)c2C)cc1OC. The fraction of sp³-hybridized carbons (Fsp3) is 0.375. The van der Waals surface area contributed by atoms with E-state index in [0.29, 0.717) is 23.1 Å². The van der Waals surface area contributed by atoms with Gasteiger partial charge in [-0.15, -0.1) is 0 Å². The Kier molecular flexibility index (Phi) is 4.68. The summed E-state index contributed by atoms with van der Waals surface area (Å²) in [5.74, 6) is 1.28. The van der Waals surface area contributed by atoms with Crippen LogP contribution in [0.5, 0.6) is 11.5 Å². The number of rotatable bonds is 5. The molecule has 0 aliphatic heterocycles. The Morgan fingerprint density at radius 1 is 1.10 bits per heavy atom. The molecule has 1 heterocycles. The Labute approximate surface area is 130 Å². The third kappa shape index (κ3) is 3.10. The van der Waals surface area contributed by atoms with Gasteiger partial charge in [0.1, 0.15) is 0 Å². The number of nitrogens with one attached hydrogen (secondary N) is 1. The standard InChI is InChI=1S/C16H21ClN2O2/c1-10-6-12(11(2)19(10)3)9-18-14-8-16(21-5)15(20-4)7-13(14)17/h6-8,18H,9H2,1-5H3. The molecule has 4 nitrogen and oxygen atoms in total. The summed E-state index contributed by atoms with van der Waals surface area (Å²) in [5.41, 5.74) is 4.57. The van der Waals surface area contributed by atoms with E-state index in [2.05, 4.69) is 36.8 Å². The molecular weight excluding hydrogens is 288 g/mol. The lowest BCUT2D eigenvalue weighted by atomic mass is 10.2. The number of aromatic nitrogens is 1. The lowest BCUT2D eigenvalue weighted by Crippen LogP contribution is -2.03. The van der Waals surface area contributed by atoms with Crippen molar-refractivity contribution >= 4 is 17.3 Å². The molecule has 0 amide bonds. The predicted octanol–water partition coefficient (Wildman–Crippen LogP) is 3.92. The van der Waals surface area contributed by atoms with Gasteiger partial charge in [0.25, 0.3) is 0 Å². The number of halogens is 1. The zero-order valence-corrected chi connectivity index (χ0v) is 13.8. The van der Waals surface area contributed by atoms with Crippen molar-refractivity contribution in [3.63, 3.8) is 0 Å². The fourth-order valence-electron chi connectivity index (χ4n) is 2.29. The second-order valence-corrected chi connectivity index (χ2v) is 5.40. The van der Waals surface area contributed by atoms with Gasteiger partial charge >= 0.3 is 0 Å². The van der Waals surface area contributed by atoms with Crippen molar-refractivity contribution in [1.82, 2.24) is 4.57 Å². The summed E-state index contributed by atoms with van der Waals surface area (Å²) in [6, 6.07) is 5.79. The smallest absolute Gasteiger partial charge is 0.162 e. The van der Waals surface area contributed by atoms with Crippen LogP contribution in [-0.2, 0) is 13.6 Å². The first-order valence-corrected chi connectivity index (χ1v) is 7.13. The van der Waals surface area contributed by atoms with Crippen LogP contribution in [0, 0.1) is 13.8 Å². The van der Waals surface area contributed by atoms with E-state index in [1.54, 1.807) is 20.3 Å². The minimum atomic E-state index is 0.609. The van der Waals surface area contributed by atoms with Crippen LogP contribution in [0.25, 0.3) is 0 Å². The molecule has 0 spiro atoms. The maximum atomic E-state index is 6.28. The molecule has 1 N–H and O–H groups in total. The van der Waals surface area contributed by atoms with E-state index < -0.39 is 0 Å². The molecule has 114 valence electrons. The number of benzene rings is 1. The maximum absolute atomic E-state index is 6.28. The Morgan fingerprint density at radius 3 is 2.24 bits per heavy atom. The van der Waals surface area contributed by atoms with Crippen LogP contribution in [0.3, 0.4) is 0 Å². The molecule has 1 aromatic heterocycles. The summed E-state index contributed by atoms with van der Waals surface area (Å²) in [7, 11) is 5.27. The summed E-state index contributed by atoms with van der Waals surface area (Å²) in [4.78, 5) is 0. The molecule has 1 aromatic carbocycles. The molecule has 0 unspecified atom stereocenters. The highest BCUT2D eigenvalue weighted by Gasteiger charge is 2.11. The van der Waals surface area contributed by atoms with E-state index >= 15 is 0 Å². The highest BCUT2D eigenvalue weighted by atomic mass is 35.5. The topological polar surface area (TPSA) is 35.4 Å². The monoisotopic (exact) mass is 308 g/mol. The molecule has 0 radical (unpaired) electrons. The van der Waals surface area contributed by atoms with Crippen molar-refractivity contribution in [2.45, 2.75) is 20.4 Å². The molecule has 0 aliphatic carbocycles. The quantitative estimate of drug-likeness (QED) is 0.909. The fourth-order valence-corrected chi connectivity index (χ4v) is 2.51. The van der Waals surface area contributed by atoms with Gasteiger partial charge in [-0.25, -0.2) is 0 Å². The number of ether oxygens (including phenoxy) is 2. The zero-order valence-electron chi connectivity index (χ0n) is 13.1. The molecule has 2 aromatic rings. The van der Waals surface area contributed by atoms with E-state index in [9.17, 15) is 0 Å². The number of nitrogens with zero attached hydrogens (tertiary/aromatic N) is 1. The lowest BCUT2D eigenvalue weighted by Gasteiger charge is -2.13. The van der Waals surface area contributed by atoms with Crippen molar-refractivity contribution in [3.8, 4) is 11.5 Å². The van der Waals surface area contributed by atoms with Gasteiger partial charge in [-0.05, 0) is 25.5 Å². The second kappa shape index (κ2) is 6.31. The van der Waals surface area contributed by atoms with Crippen LogP contribution >= 0.6 is 11.6 Å². The summed E-state index contributed by atoms with van der Waals surface area (Å²) in [6.45, 7) is 4.92. The Hall–Kier alpha value is -1.81. The second-order valence-electron chi connectivity index (χ2n) is 5.00. The normalized spacial score (nSPS) is 10.6. The lowest BCUT2D eigenvalue weighted by molar-refractivity contribution is 0.355. The van der Waals surface area contributed by atoms with Crippen LogP contribution in [0.1, 0.15) is 17.0 Å². The molecule has 0 fully saturated rings. The van der Waals surface area contributed by atoms with Crippen LogP contribution in [-0.4, -0.2) is 18.8 Å². The summed E-state index contributed by atoms with van der Waals surface area (Å²) < 4.78 is 12.7. The molecule has 0 saturated carbocycles. The van der Waals surface area contributed by atoms with Crippen LogP contribution in [0.4, 0.5) is 5.69 Å². The number of aryl methyl sites for hydroxylation is 1. The first-order chi connectivity index (χ1) is 9.97. The summed E-state index contributed by atoms with van der Waals surface area (Å²) in [6.07, 6.45) is 0. The van der Waals surface area contributed by atoms with Gasteiger partial charge in [0.05, 0.1) is 24.9 Å². The highest BCUT2D eigenvalue weighted by molar-refractivity contribution is 6.33. The molecule has 0 atom stereocenters. The first kappa shape index (κ1) is 15.6. The Balaban J connectivity index is 2.21. The average Bonchev–Trinajstić information content (AvgIpc) is 2.72. The molecule has 0 bridgehead atoms. The van der Waals surface area contributed by atoms with Gasteiger partial charge in [0.15, 0.2) is 11.5 Å². The molecule has 2 rings (SSSR count). The van der Waals surface area contributed by atoms with E-state index in [1.807, 2.05) is 6.07 Å². The number of hydrogen-bond donors (Lipinski definition) is 1. The van der Waals surface area contributed by atoms with E-state index in [0.717, 1.165) is 5.69 Å². The van der Waals surface area contributed by atoms with Gasteiger partial charge in [-0.3, -0.25) is 0 Å². The predicted molar refractivity (Wildman–Crippen MR) is 86.8 cm³/mol. The molecule has 21 heavy (non-hydrogen) atoms. The van der Waals surface area contributed by atoms with Gasteiger partial charge in [-0.2, -0.15) is 0 Å². The third-order valence-electron chi connectivity index (χ3n) is 3.82. The van der Waals surface area contributed by atoms with Crippen molar-refractivity contribution in [1.29, 1.82) is 0 Å². The number of anilines is 1. The molecular formula is C16H21ClN2O2. The minimum absolute atomic E-state index is 0.609. The van der Waals surface area contributed by atoms with Crippen molar-refractivity contribution in [2.75, 3.05) is 19.5 Å².